The predicted molar refractivity (Wildman–Crippen MR) is 74.1 cm³/mol. The third-order valence-corrected chi connectivity index (χ3v) is 3.37. The third kappa shape index (κ3) is 3.46. The zero-order valence-corrected chi connectivity index (χ0v) is 11.6. The molecular formula is C14H12ClF3N2O. The molecule has 0 amide bonds. The SMILES string of the molecule is NCc1ccc(Cn2c(C(F)(F)F)cccc2=O)c(Cl)c1. The Hall–Kier alpha value is -1.79. The van der Waals surface area contributed by atoms with Crippen molar-refractivity contribution in [3.05, 3.63) is 68.6 Å². The fourth-order valence-corrected chi connectivity index (χ4v) is 2.21. The molecule has 1 heterocycles. The van der Waals surface area contributed by atoms with E-state index >= 15 is 0 Å². The van der Waals surface area contributed by atoms with Gasteiger partial charge in [0.05, 0.1) is 6.54 Å². The van der Waals surface area contributed by atoms with Crippen molar-refractivity contribution < 1.29 is 13.2 Å². The van der Waals surface area contributed by atoms with E-state index in [1.807, 2.05) is 0 Å². The number of hydrogen-bond donors (Lipinski definition) is 1. The zero-order valence-electron chi connectivity index (χ0n) is 10.8. The Labute approximate surface area is 123 Å². The smallest absolute Gasteiger partial charge is 0.326 e. The number of benzene rings is 1. The van der Waals surface area contributed by atoms with Crippen molar-refractivity contribution in [2.24, 2.45) is 5.73 Å². The number of nitrogens with zero attached hydrogens (tertiary/aromatic N) is 1. The van der Waals surface area contributed by atoms with E-state index in [2.05, 4.69) is 0 Å². The van der Waals surface area contributed by atoms with Gasteiger partial charge in [-0.3, -0.25) is 9.36 Å². The van der Waals surface area contributed by atoms with Crippen LogP contribution in [0.5, 0.6) is 0 Å². The Balaban J connectivity index is 2.47. The molecule has 0 aliphatic carbocycles. The predicted octanol–water partition coefficient (Wildman–Crippen LogP) is 3.03. The first-order chi connectivity index (χ1) is 9.82. The molecule has 1 aromatic carbocycles. The minimum absolute atomic E-state index is 0.252. The molecule has 0 atom stereocenters. The highest BCUT2D eigenvalue weighted by Gasteiger charge is 2.34. The molecule has 0 fully saturated rings. The minimum Gasteiger partial charge on any atom is -0.326 e. The molecule has 112 valence electrons. The molecule has 7 heteroatoms. The van der Waals surface area contributed by atoms with E-state index in [1.165, 1.54) is 0 Å². The van der Waals surface area contributed by atoms with Gasteiger partial charge >= 0.3 is 6.18 Å². The first kappa shape index (κ1) is 15.6. The van der Waals surface area contributed by atoms with Crippen molar-refractivity contribution in [1.82, 2.24) is 4.57 Å². The molecule has 0 aliphatic heterocycles. The fourth-order valence-electron chi connectivity index (χ4n) is 1.95. The Morgan fingerprint density at radius 3 is 2.48 bits per heavy atom. The van der Waals surface area contributed by atoms with E-state index in [4.69, 9.17) is 17.3 Å². The first-order valence-corrected chi connectivity index (χ1v) is 6.45. The minimum atomic E-state index is -4.61. The summed E-state index contributed by atoms with van der Waals surface area (Å²) in [4.78, 5) is 11.7. The monoisotopic (exact) mass is 316 g/mol. The summed E-state index contributed by atoms with van der Waals surface area (Å²) in [5, 5.41) is 0.279. The summed E-state index contributed by atoms with van der Waals surface area (Å²) in [6.07, 6.45) is -4.61. The molecule has 2 rings (SSSR count). The quantitative estimate of drug-likeness (QED) is 0.946. The van der Waals surface area contributed by atoms with E-state index in [0.717, 1.165) is 23.8 Å². The molecule has 0 saturated heterocycles. The van der Waals surface area contributed by atoms with Crippen LogP contribution in [0.3, 0.4) is 0 Å². The number of alkyl halides is 3. The standard InChI is InChI=1S/C14H12ClF3N2O/c15-11-6-9(7-19)4-5-10(11)8-20-12(14(16,17)18)2-1-3-13(20)21/h1-6H,7-8,19H2. The van der Waals surface area contributed by atoms with Gasteiger partial charge in [0.15, 0.2) is 0 Å². The Morgan fingerprint density at radius 2 is 1.90 bits per heavy atom. The molecule has 0 aliphatic rings. The highest BCUT2D eigenvalue weighted by atomic mass is 35.5. The van der Waals surface area contributed by atoms with Crippen molar-refractivity contribution in [3.8, 4) is 0 Å². The lowest BCUT2D eigenvalue weighted by Gasteiger charge is -2.16. The van der Waals surface area contributed by atoms with Gasteiger partial charge in [-0.15, -0.1) is 0 Å². The van der Waals surface area contributed by atoms with E-state index in [0.29, 0.717) is 10.1 Å². The Bertz CT molecular complexity index is 710. The van der Waals surface area contributed by atoms with E-state index in [-0.39, 0.29) is 18.1 Å². The number of rotatable bonds is 3. The van der Waals surface area contributed by atoms with Gasteiger partial charge < -0.3 is 5.73 Å². The van der Waals surface area contributed by atoms with Crippen molar-refractivity contribution in [1.29, 1.82) is 0 Å². The lowest BCUT2D eigenvalue weighted by Crippen LogP contribution is -2.27. The summed E-state index contributed by atoms with van der Waals surface area (Å²) in [7, 11) is 0. The molecular weight excluding hydrogens is 305 g/mol. The molecule has 3 nitrogen and oxygen atoms in total. The molecule has 2 N–H and O–H groups in total. The maximum atomic E-state index is 12.9. The van der Waals surface area contributed by atoms with Crippen LogP contribution >= 0.6 is 11.6 Å². The molecule has 0 radical (unpaired) electrons. The molecule has 0 spiro atoms. The highest BCUT2D eigenvalue weighted by molar-refractivity contribution is 6.31. The van der Waals surface area contributed by atoms with Crippen LogP contribution in [0, 0.1) is 0 Å². The second kappa shape index (κ2) is 5.91. The summed E-state index contributed by atoms with van der Waals surface area (Å²) < 4.78 is 39.5. The number of halogens is 4. The van der Waals surface area contributed by atoms with Crippen LogP contribution in [0.25, 0.3) is 0 Å². The summed E-state index contributed by atoms with van der Waals surface area (Å²) >= 11 is 6.02. The van der Waals surface area contributed by atoms with Crippen molar-refractivity contribution in [3.63, 3.8) is 0 Å². The van der Waals surface area contributed by atoms with Crippen molar-refractivity contribution in [2.45, 2.75) is 19.3 Å². The van der Waals surface area contributed by atoms with Crippen LogP contribution in [-0.4, -0.2) is 4.57 Å². The number of nitrogens with two attached hydrogens (primary N) is 1. The number of aromatic nitrogens is 1. The van der Waals surface area contributed by atoms with Crippen LogP contribution in [-0.2, 0) is 19.3 Å². The Kier molecular flexibility index (Phi) is 4.39. The number of hydrogen-bond acceptors (Lipinski definition) is 2. The van der Waals surface area contributed by atoms with Crippen LogP contribution < -0.4 is 11.3 Å². The van der Waals surface area contributed by atoms with E-state index in [1.54, 1.807) is 18.2 Å². The van der Waals surface area contributed by atoms with E-state index < -0.39 is 17.4 Å². The molecule has 0 bridgehead atoms. The van der Waals surface area contributed by atoms with Gasteiger partial charge in [-0.05, 0) is 23.3 Å². The van der Waals surface area contributed by atoms with E-state index in [9.17, 15) is 18.0 Å². The summed E-state index contributed by atoms with van der Waals surface area (Å²) in [6, 6.07) is 7.85. The van der Waals surface area contributed by atoms with Gasteiger partial charge in [-0.1, -0.05) is 29.8 Å². The van der Waals surface area contributed by atoms with Crippen molar-refractivity contribution >= 4 is 11.6 Å². The largest absolute Gasteiger partial charge is 0.431 e. The average Bonchev–Trinajstić information content (AvgIpc) is 2.41. The second-order valence-corrected chi connectivity index (χ2v) is 4.87. The second-order valence-electron chi connectivity index (χ2n) is 4.46. The van der Waals surface area contributed by atoms with Gasteiger partial charge in [0.2, 0.25) is 0 Å². The molecule has 0 unspecified atom stereocenters. The third-order valence-electron chi connectivity index (χ3n) is 3.02. The lowest BCUT2D eigenvalue weighted by atomic mass is 10.1. The van der Waals surface area contributed by atoms with Crippen LogP contribution in [0.15, 0.2) is 41.2 Å². The van der Waals surface area contributed by atoms with Gasteiger partial charge in [0, 0.05) is 17.6 Å². The Morgan fingerprint density at radius 1 is 1.19 bits per heavy atom. The maximum absolute atomic E-state index is 12.9. The average molecular weight is 317 g/mol. The van der Waals surface area contributed by atoms with Crippen LogP contribution in [0.1, 0.15) is 16.8 Å². The molecule has 21 heavy (non-hydrogen) atoms. The molecule has 0 saturated carbocycles. The normalized spacial score (nSPS) is 11.7. The zero-order chi connectivity index (χ0) is 15.6. The topological polar surface area (TPSA) is 48.0 Å². The van der Waals surface area contributed by atoms with Gasteiger partial charge in [-0.25, -0.2) is 0 Å². The highest BCUT2D eigenvalue weighted by Crippen LogP contribution is 2.29. The van der Waals surface area contributed by atoms with Crippen molar-refractivity contribution in [2.75, 3.05) is 0 Å². The summed E-state index contributed by atoms with van der Waals surface area (Å²) in [6.45, 7) is 0.0251. The summed E-state index contributed by atoms with van der Waals surface area (Å²) in [5.41, 5.74) is 4.91. The molecule has 1 aromatic heterocycles. The maximum Gasteiger partial charge on any atom is 0.431 e. The fraction of sp³-hybridized carbons (Fsp3) is 0.214. The number of pyridine rings is 1. The first-order valence-electron chi connectivity index (χ1n) is 6.07. The van der Waals surface area contributed by atoms with Gasteiger partial charge in [-0.2, -0.15) is 13.2 Å². The lowest BCUT2D eigenvalue weighted by molar-refractivity contribution is -0.144. The van der Waals surface area contributed by atoms with Crippen LogP contribution in [0.2, 0.25) is 5.02 Å². The van der Waals surface area contributed by atoms with Crippen LogP contribution in [0.4, 0.5) is 13.2 Å². The van der Waals surface area contributed by atoms with Gasteiger partial charge in [0.25, 0.3) is 5.56 Å². The van der Waals surface area contributed by atoms with Gasteiger partial charge in [0.1, 0.15) is 5.69 Å². The molecule has 2 aromatic rings. The summed E-state index contributed by atoms with van der Waals surface area (Å²) in [5.74, 6) is 0.